The van der Waals surface area contributed by atoms with Crippen molar-refractivity contribution < 1.29 is 13.3 Å². The van der Waals surface area contributed by atoms with Crippen LogP contribution in [0, 0.1) is 17.0 Å². The molecule has 0 aromatic heterocycles. The molecule has 0 saturated heterocycles. The minimum atomic E-state index is -3.79. The molecule has 0 bridgehead atoms. The van der Waals surface area contributed by atoms with Crippen molar-refractivity contribution in [3.63, 3.8) is 0 Å². The van der Waals surface area contributed by atoms with E-state index in [0.717, 1.165) is 4.31 Å². The number of hydrogen-bond donors (Lipinski definition) is 0. The van der Waals surface area contributed by atoms with Crippen molar-refractivity contribution in [2.45, 2.75) is 11.8 Å². The van der Waals surface area contributed by atoms with E-state index in [4.69, 9.17) is 11.6 Å². The van der Waals surface area contributed by atoms with Crippen LogP contribution in [0.2, 0.25) is 5.02 Å². The lowest BCUT2D eigenvalue weighted by Gasteiger charge is -2.13. The predicted octanol–water partition coefficient (Wildman–Crippen LogP) is 1.81. The molecular formula is C9H11ClN2O4S. The first-order valence-corrected chi connectivity index (χ1v) is 6.36. The summed E-state index contributed by atoms with van der Waals surface area (Å²) < 4.78 is 24.8. The predicted molar refractivity (Wildman–Crippen MR) is 63.7 cm³/mol. The zero-order valence-electron chi connectivity index (χ0n) is 9.47. The Kier molecular flexibility index (Phi) is 3.75. The Hall–Kier alpha value is -1.18. The summed E-state index contributed by atoms with van der Waals surface area (Å²) in [5, 5.41) is 10.4. The van der Waals surface area contributed by atoms with E-state index >= 15 is 0 Å². The van der Waals surface area contributed by atoms with E-state index in [2.05, 4.69) is 0 Å². The van der Waals surface area contributed by atoms with Crippen LogP contribution >= 0.6 is 11.6 Å². The topological polar surface area (TPSA) is 80.5 Å². The Morgan fingerprint density at radius 3 is 2.29 bits per heavy atom. The van der Waals surface area contributed by atoms with Gasteiger partial charge in [0.25, 0.3) is 5.69 Å². The lowest BCUT2D eigenvalue weighted by atomic mass is 10.2. The van der Waals surface area contributed by atoms with Crippen LogP contribution in [0.4, 0.5) is 5.69 Å². The van der Waals surface area contributed by atoms with Crippen LogP contribution in [0.15, 0.2) is 17.0 Å². The lowest BCUT2D eigenvalue weighted by Crippen LogP contribution is -2.22. The quantitative estimate of drug-likeness (QED) is 0.624. The second-order valence-corrected chi connectivity index (χ2v) is 6.14. The van der Waals surface area contributed by atoms with Gasteiger partial charge in [0.15, 0.2) is 0 Å². The number of aryl methyl sites for hydroxylation is 1. The van der Waals surface area contributed by atoms with E-state index in [-0.39, 0.29) is 9.92 Å². The minimum absolute atomic E-state index is 0.254. The number of halogens is 1. The Balaban J connectivity index is 3.62. The van der Waals surface area contributed by atoms with Gasteiger partial charge in [-0.3, -0.25) is 10.1 Å². The molecule has 0 N–H and O–H groups in total. The molecule has 0 atom stereocenters. The van der Waals surface area contributed by atoms with E-state index in [1.165, 1.54) is 26.2 Å². The molecule has 8 heteroatoms. The maximum atomic E-state index is 11.9. The maximum Gasteiger partial charge on any atom is 0.289 e. The van der Waals surface area contributed by atoms with E-state index in [1.54, 1.807) is 6.92 Å². The molecule has 0 unspecified atom stereocenters. The molecule has 1 aromatic rings. The molecule has 1 aromatic carbocycles. The Bertz CT molecular complexity index is 569. The maximum absolute atomic E-state index is 11.9. The Labute approximate surface area is 104 Å². The molecule has 0 saturated carbocycles. The second kappa shape index (κ2) is 4.59. The van der Waals surface area contributed by atoms with E-state index < -0.39 is 20.6 Å². The molecule has 6 nitrogen and oxygen atoms in total. The number of benzene rings is 1. The monoisotopic (exact) mass is 278 g/mol. The zero-order chi connectivity index (χ0) is 13.4. The van der Waals surface area contributed by atoms with Gasteiger partial charge >= 0.3 is 0 Å². The van der Waals surface area contributed by atoms with Gasteiger partial charge < -0.3 is 0 Å². The summed E-state index contributed by atoms with van der Waals surface area (Å²) in [6.45, 7) is 1.57. The normalized spacial score (nSPS) is 11.8. The summed E-state index contributed by atoms with van der Waals surface area (Å²) in [5.41, 5.74) is 0.0496. The smallest absolute Gasteiger partial charge is 0.258 e. The summed E-state index contributed by atoms with van der Waals surface area (Å²) in [4.78, 5) is 9.78. The number of hydrogen-bond acceptors (Lipinski definition) is 4. The van der Waals surface area contributed by atoms with Crippen LogP contribution in [-0.2, 0) is 10.0 Å². The molecule has 0 spiro atoms. The van der Waals surface area contributed by atoms with Crippen LogP contribution in [0.25, 0.3) is 0 Å². The van der Waals surface area contributed by atoms with Gasteiger partial charge in [0.2, 0.25) is 10.0 Å². The van der Waals surface area contributed by atoms with Crippen molar-refractivity contribution in [1.29, 1.82) is 0 Å². The number of rotatable bonds is 3. The number of nitro groups is 1. The van der Waals surface area contributed by atoms with Crippen LogP contribution < -0.4 is 0 Å². The van der Waals surface area contributed by atoms with Gasteiger partial charge in [-0.2, -0.15) is 0 Å². The van der Waals surface area contributed by atoms with Crippen LogP contribution in [0.3, 0.4) is 0 Å². The van der Waals surface area contributed by atoms with Gasteiger partial charge in [-0.25, -0.2) is 12.7 Å². The van der Waals surface area contributed by atoms with Gasteiger partial charge in [0, 0.05) is 20.2 Å². The molecular weight excluding hydrogens is 268 g/mol. The average molecular weight is 279 g/mol. The summed E-state index contributed by atoms with van der Waals surface area (Å²) >= 11 is 5.76. The third-order valence-corrected chi connectivity index (χ3v) is 4.47. The van der Waals surface area contributed by atoms with Gasteiger partial charge in [-0.05, 0) is 18.6 Å². The molecule has 17 heavy (non-hydrogen) atoms. The Morgan fingerprint density at radius 1 is 1.35 bits per heavy atom. The molecule has 94 valence electrons. The highest BCUT2D eigenvalue weighted by Gasteiger charge is 2.27. The Morgan fingerprint density at radius 2 is 1.88 bits per heavy atom. The van der Waals surface area contributed by atoms with Gasteiger partial charge in [-0.1, -0.05) is 11.6 Å². The highest BCUT2D eigenvalue weighted by Crippen LogP contribution is 2.33. The van der Waals surface area contributed by atoms with Crippen molar-refractivity contribution in [3.8, 4) is 0 Å². The molecule has 0 aliphatic rings. The fraction of sp³-hybridized carbons (Fsp3) is 0.333. The summed E-state index contributed by atoms with van der Waals surface area (Å²) in [6, 6.07) is 2.54. The SMILES string of the molecule is Cc1cc([N+](=O)[O-])c(Cl)c(S(=O)(=O)N(C)C)c1. The first-order chi connectivity index (χ1) is 7.67. The van der Waals surface area contributed by atoms with Crippen LogP contribution in [-0.4, -0.2) is 31.7 Å². The first-order valence-electron chi connectivity index (χ1n) is 4.55. The summed E-state index contributed by atoms with van der Waals surface area (Å²) in [6.07, 6.45) is 0. The van der Waals surface area contributed by atoms with E-state index in [1.807, 2.05) is 0 Å². The zero-order valence-corrected chi connectivity index (χ0v) is 11.0. The van der Waals surface area contributed by atoms with Crippen molar-refractivity contribution in [2.24, 2.45) is 0 Å². The first kappa shape index (κ1) is 13.9. The third kappa shape index (κ3) is 2.56. The molecule has 0 amide bonds. The molecule has 0 fully saturated rings. The third-order valence-electron chi connectivity index (χ3n) is 2.12. The number of nitro benzene ring substituents is 1. The van der Waals surface area contributed by atoms with Crippen molar-refractivity contribution in [1.82, 2.24) is 4.31 Å². The highest BCUT2D eigenvalue weighted by atomic mass is 35.5. The van der Waals surface area contributed by atoms with Gasteiger partial charge in [0.05, 0.1) is 4.92 Å². The van der Waals surface area contributed by atoms with E-state index in [0.29, 0.717) is 5.56 Å². The molecule has 0 heterocycles. The van der Waals surface area contributed by atoms with Crippen molar-refractivity contribution in [3.05, 3.63) is 32.8 Å². The van der Waals surface area contributed by atoms with E-state index in [9.17, 15) is 18.5 Å². The largest absolute Gasteiger partial charge is 0.289 e. The van der Waals surface area contributed by atoms with Gasteiger partial charge in [0.1, 0.15) is 9.92 Å². The molecule has 0 radical (unpaired) electrons. The summed E-state index contributed by atoms with van der Waals surface area (Å²) in [5.74, 6) is 0. The van der Waals surface area contributed by atoms with Crippen LogP contribution in [0.1, 0.15) is 5.56 Å². The molecule has 1 rings (SSSR count). The number of sulfonamides is 1. The number of nitrogens with zero attached hydrogens (tertiary/aromatic N) is 2. The van der Waals surface area contributed by atoms with Crippen LogP contribution in [0.5, 0.6) is 0 Å². The van der Waals surface area contributed by atoms with Crippen molar-refractivity contribution >= 4 is 27.3 Å². The second-order valence-electron chi connectivity index (χ2n) is 3.64. The highest BCUT2D eigenvalue weighted by molar-refractivity contribution is 7.89. The average Bonchev–Trinajstić information content (AvgIpc) is 2.20. The summed E-state index contributed by atoms with van der Waals surface area (Å²) in [7, 11) is -1.12. The standard InChI is InChI=1S/C9H11ClN2O4S/c1-6-4-7(12(13)14)9(10)8(5-6)17(15,16)11(2)3/h4-5H,1-3H3. The fourth-order valence-electron chi connectivity index (χ4n) is 1.23. The molecule has 0 aliphatic carbocycles. The van der Waals surface area contributed by atoms with Crippen molar-refractivity contribution in [2.75, 3.05) is 14.1 Å². The van der Waals surface area contributed by atoms with Gasteiger partial charge in [-0.15, -0.1) is 0 Å². The minimum Gasteiger partial charge on any atom is -0.258 e. The molecule has 0 aliphatic heterocycles. The lowest BCUT2D eigenvalue weighted by molar-refractivity contribution is -0.385. The fourth-order valence-corrected chi connectivity index (χ4v) is 2.76.